The smallest absolute Gasteiger partial charge is 0.160 e. The summed E-state index contributed by atoms with van der Waals surface area (Å²) in [6.45, 7) is 0. The Balaban J connectivity index is 1.11. The van der Waals surface area contributed by atoms with Crippen molar-refractivity contribution in [3.05, 3.63) is 164 Å². The van der Waals surface area contributed by atoms with Crippen LogP contribution < -0.4 is 0 Å². The zero-order chi connectivity index (χ0) is 30.5. The molecule has 3 heteroatoms. The summed E-state index contributed by atoms with van der Waals surface area (Å²) in [4.78, 5) is 14.6. The summed E-state index contributed by atoms with van der Waals surface area (Å²) in [6, 6.07) is 55.4. The molecule has 0 fully saturated rings. The molecular formula is C43H27N3. The molecule has 9 rings (SSSR count). The van der Waals surface area contributed by atoms with E-state index in [4.69, 9.17) is 9.97 Å². The molecule has 0 saturated carbocycles. The lowest BCUT2D eigenvalue weighted by Gasteiger charge is -2.12. The lowest BCUT2D eigenvalue weighted by molar-refractivity contribution is 1.18. The highest BCUT2D eigenvalue weighted by Crippen LogP contribution is 2.49. The van der Waals surface area contributed by atoms with Gasteiger partial charge in [0.1, 0.15) is 0 Å². The van der Waals surface area contributed by atoms with Crippen molar-refractivity contribution in [1.29, 1.82) is 0 Å². The molecule has 1 aliphatic carbocycles. The van der Waals surface area contributed by atoms with Crippen molar-refractivity contribution in [1.82, 2.24) is 15.0 Å². The molecule has 3 nitrogen and oxygen atoms in total. The summed E-state index contributed by atoms with van der Waals surface area (Å²) in [5.41, 5.74) is 14.6. The Morgan fingerprint density at radius 3 is 1.52 bits per heavy atom. The normalized spacial score (nSPS) is 11.5. The van der Waals surface area contributed by atoms with E-state index < -0.39 is 0 Å². The summed E-state index contributed by atoms with van der Waals surface area (Å²) in [7, 11) is 0. The van der Waals surface area contributed by atoms with Crippen LogP contribution in [-0.4, -0.2) is 15.0 Å². The van der Waals surface area contributed by atoms with E-state index in [1.807, 2.05) is 42.6 Å². The van der Waals surface area contributed by atoms with Crippen LogP contribution in [0.25, 0.3) is 89.3 Å². The van der Waals surface area contributed by atoms with Crippen molar-refractivity contribution in [3.63, 3.8) is 0 Å². The lowest BCUT2D eigenvalue weighted by Crippen LogP contribution is -1.96. The van der Waals surface area contributed by atoms with E-state index in [-0.39, 0.29) is 0 Å². The second-order valence-electron chi connectivity index (χ2n) is 11.6. The van der Waals surface area contributed by atoms with Gasteiger partial charge in [-0.1, -0.05) is 140 Å². The van der Waals surface area contributed by atoms with Crippen LogP contribution in [0.4, 0.5) is 0 Å². The fourth-order valence-corrected chi connectivity index (χ4v) is 6.69. The maximum Gasteiger partial charge on any atom is 0.160 e. The van der Waals surface area contributed by atoms with Crippen LogP contribution in [-0.2, 0) is 0 Å². The minimum absolute atomic E-state index is 0.707. The SMILES string of the molecule is c1ccc(-c2nc(-c3ccc(-c4ccccn4)cc3)cc(-c3ccc(-c4ccc5c6c(cccc46)-c4ccccc4-5)cc3)n2)cc1. The molecule has 0 atom stereocenters. The van der Waals surface area contributed by atoms with Crippen LogP contribution in [0.3, 0.4) is 0 Å². The Hall–Kier alpha value is -6.19. The fourth-order valence-electron chi connectivity index (χ4n) is 6.69. The van der Waals surface area contributed by atoms with E-state index in [1.54, 1.807) is 0 Å². The van der Waals surface area contributed by atoms with Gasteiger partial charge in [-0.25, -0.2) is 9.97 Å². The summed E-state index contributed by atoms with van der Waals surface area (Å²) in [6.07, 6.45) is 1.82. The Morgan fingerprint density at radius 1 is 0.326 bits per heavy atom. The number of pyridine rings is 1. The maximum absolute atomic E-state index is 5.05. The highest BCUT2D eigenvalue weighted by Gasteiger charge is 2.22. The topological polar surface area (TPSA) is 38.7 Å². The van der Waals surface area contributed by atoms with Crippen molar-refractivity contribution in [3.8, 4) is 78.5 Å². The third-order valence-electron chi connectivity index (χ3n) is 8.94. The predicted octanol–water partition coefficient (Wildman–Crippen LogP) is 11.0. The van der Waals surface area contributed by atoms with E-state index in [9.17, 15) is 0 Å². The summed E-state index contributed by atoms with van der Waals surface area (Å²) in [5.74, 6) is 0.707. The Kier molecular flexibility index (Phi) is 6.14. The number of fused-ring (bicyclic) bond motifs is 3. The van der Waals surface area contributed by atoms with Crippen LogP contribution in [0.2, 0.25) is 0 Å². The third-order valence-corrected chi connectivity index (χ3v) is 8.94. The van der Waals surface area contributed by atoms with Gasteiger partial charge in [0, 0.05) is 28.5 Å². The molecule has 0 spiro atoms. The third kappa shape index (κ3) is 4.41. The van der Waals surface area contributed by atoms with E-state index >= 15 is 0 Å². The fraction of sp³-hybridized carbons (Fsp3) is 0. The first-order chi connectivity index (χ1) is 22.8. The molecule has 2 aromatic heterocycles. The summed E-state index contributed by atoms with van der Waals surface area (Å²) < 4.78 is 0. The minimum atomic E-state index is 0.707. The molecule has 0 bridgehead atoms. The lowest BCUT2D eigenvalue weighted by atomic mass is 9.93. The van der Waals surface area contributed by atoms with Gasteiger partial charge in [0.25, 0.3) is 0 Å². The van der Waals surface area contributed by atoms with Crippen molar-refractivity contribution in [2.45, 2.75) is 0 Å². The molecule has 46 heavy (non-hydrogen) atoms. The van der Waals surface area contributed by atoms with Crippen molar-refractivity contribution < 1.29 is 0 Å². The van der Waals surface area contributed by atoms with E-state index in [0.29, 0.717) is 5.82 Å². The molecule has 0 saturated heterocycles. The largest absolute Gasteiger partial charge is 0.256 e. The first-order valence-electron chi connectivity index (χ1n) is 15.5. The molecule has 0 N–H and O–H groups in total. The molecular weight excluding hydrogens is 558 g/mol. The Morgan fingerprint density at radius 2 is 0.870 bits per heavy atom. The van der Waals surface area contributed by atoms with Gasteiger partial charge in [-0.2, -0.15) is 0 Å². The quantitative estimate of drug-likeness (QED) is 0.202. The van der Waals surface area contributed by atoms with Gasteiger partial charge in [0.2, 0.25) is 0 Å². The van der Waals surface area contributed by atoms with Gasteiger partial charge in [-0.05, 0) is 62.4 Å². The van der Waals surface area contributed by atoms with Crippen molar-refractivity contribution in [2.24, 2.45) is 0 Å². The number of aromatic nitrogens is 3. The van der Waals surface area contributed by atoms with Crippen molar-refractivity contribution >= 4 is 10.8 Å². The van der Waals surface area contributed by atoms with E-state index in [0.717, 1.165) is 39.3 Å². The number of rotatable bonds is 5. The summed E-state index contributed by atoms with van der Waals surface area (Å²) in [5, 5.41) is 2.62. The van der Waals surface area contributed by atoms with E-state index in [1.165, 1.54) is 44.2 Å². The van der Waals surface area contributed by atoms with Crippen LogP contribution >= 0.6 is 0 Å². The van der Waals surface area contributed by atoms with Gasteiger partial charge < -0.3 is 0 Å². The van der Waals surface area contributed by atoms with Crippen molar-refractivity contribution in [2.75, 3.05) is 0 Å². The van der Waals surface area contributed by atoms with E-state index in [2.05, 4.69) is 126 Å². The molecule has 8 aromatic rings. The zero-order valence-corrected chi connectivity index (χ0v) is 24.9. The molecule has 214 valence electrons. The number of benzene rings is 6. The monoisotopic (exact) mass is 585 g/mol. The molecule has 0 radical (unpaired) electrons. The number of hydrogen-bond donors (Lipinski definition) is 0. The Bertz CT molecular complexity index is 2350. The molecule has 0 unspecified atom stereocenters. The van der Waals surface area contributed by atoms with Gasteiger partial charge in [0.15, 0.2) is 5.82 Å². The summed E-state index contributed by atoms with van der Waals surface area (Å²) >= 11 is 0. The predicted molar refractivity (Wildman–Crippen MR) is 189 cm³/mol. The molecule has 0 aliphatic heterocycles. The highest BCUT2D eigenvalue weighted by molar-refractivity contribution is 6.18. The number of hydrogen-bond acceptors (Lipinski definition) is 3. The van der Waals surface area contributed by atoms with Crippen LogP contribution in [0, 0.1) is 0 Å². The molecule has 1 aliphatic rings. The molecule has 6 aromatic carbocycles. The highest BCUT2D eigenvalue weighted by atomic mass is 14.9. The van der Waals surface area contributed by atoms with Crippen LogP contribution in [0.15, 0.2) is 164 Å². The van der Waals surface area contributed by atoms with Gasteiger partial charge >= 0.3 is 0 Å². The average molecular weight is 586 g/mol. The number of nitrogens with zero attached hydrogens (tertiary/aromatic N) is 3. The second kappa shape index (κ2) is 10.8. The minimum Gasteiger partial charge on any atom is -0.256 e. The van der Waals surface area contributed by atoms with Gasteiger partial charge in [-0.3, -0.25) is 4.98 Å². The Labute approximate surface area is 267 Å². The maximum atomic E-state index is 5.05. The van der Waals surface area contributed by atoms with Crippen LogP contribution in [0.5, 0.6) is 0 Å². The first kappa shape index (κ1) is 26.2. The standard InChI is InChI=1S/C43H27N3/c1-2-9-32(10-3-1)43-45-40(27-41(46-43)31-22-20-29(21-23-31)39-15-6-7-26-44-39)30-18-16-28(17-19-30)33-24-25-38-35-12-5-4-11-34(35)37-14-8-13-36(33)42(37)38/h1-27H. The zero-order valence-electron chi connectivity index (χ0n) is 24.9. The van der Waals surface area contributed by atoms with Gasteiger partial charge in [-0.15, -0.1) is 0 Å². The van der Waals surface area contributed by atoms with Gasteiger partial charge in [0.05, 0.1) is 17.1 Å². The average Bonchev–Trinajstić information content (AvgIpc) is 3.47. The molecule has 2 heterocycles. The van der Waals surface area contributed by atoms with Crippen LogP contribution in [0.1, 0.15) is 0 Å². The first-order valence-corrected chi connectivity index (χ1v) is 15.5. The second-order valence-corrected chi connectivity index (χ2v) is 11.6. The molecule has 0 amide bonds.